The smallest absolute Gasteiger partial charge is 0.0790 e. The van der Waals surface area contributed by atoms with Crippen molar-refractivity contribution in [3.63, 3.8) is 0 Å². The van der Waals surface area contributed by atoms with E-state index in [0.717, 1.165) is 0 Å². The third kappa shape index (κ3) is 2.37. The average molecular weight is 389 g/mol. The summed E-state index contributed by atoms with van der Waals surface area (Å²) >= 11 is 0. The molecule has 3 unspecified atom stereocenters. The molecule has 3 aromatic carbocycles. The van der Waals surface area contributed by atoms with E-state index in [0.29, 0.717) is 16.6 Å². The predicted octanol–water partition coefficient (Wildman–Crippen LogP) is 7.11. The van der Waals surface area contributed by atoms with E-state index >= 15 is 0 Å². The molecule has 0 heterocycles. The lowest BCUT2D eigenvalue weighted by atomic mass is 10.1. The third-order valence-electron chi connectivity index (χ3n) is 7.41. The molecular weight excluding hydrogens is 364 g/mol. The van der Waals surface area contributed by atoms with Gasteiger partial charge in [0.15, 0.2) is 0 Å². The molecule has 0 saturated heterocycles. The quantitative estimate of drug-likeness (QED) is 0.419. The van der Waals surface area contributed by atoms with Crippen LogP contribution in [0, 0.1) is 0 Å². The molecule has 0 spiro atoms. The Balaban J connectivity index is 1.57. The number of benzene rings is 3. The van der Waals surface area contributed by atoms with Crippen LogP contribution in [0.1, 0.15) is 50.0 Å². The van der Waals surface area contributed by atoms with Crippen LogP contribution in [0.4, 0.5) is 0 Å². The summed E-state index contributed by atoms with van der Waals surface area (Å²) in [5.41, 5.74) is 10.3. The molecule has 0 aliphatic heterocycles. The molecular formula is C28H24Si. The van der Waals surface area contributed by atoms with Crippen molar-refractivity contribution in [3.05, 3.63) is 124 Å². The topological polar surface area (TPSA) is 0 Å². The zero-order valence-electron chi connectivity index (χ0n) is 16.6. The van der Waals surface area contributed by atoms with E-state index in [1.807, 2.05) is 0 Å². The first-order valence-corrected chi connectivity index (χ1v) is 13.3. The standard InChI is InChI=1S/C28H24Si/c1-29(26-17-14-20-8-2-5-11-23(20)26,27-18-15-21-9-3-6-12-24(21)27)28-19-16-22-10-4-7-13-25(22)28/h2-19,26-28H,1H3. The van der Waals surface area contributed by atoms with Crippen molar-refractivity contribution in [3.8, 4) is 0 Å². The van der Waals surface area contributed by atoms with Crippen molar-refractivity contribution in [2.45, 2.75) is 23.2 Å². The van der Waals surface area contributed by atoms with Crippen LogP contribution in [0.25, 0.3) is 18.2 Å². The highest BCUT2D eigenvalue weighted by atomic mass is 28.3. The largest absolute Gasteiger partial charge is 0.0859 e. The van der Waals surface area contributed by atoms with Gasteiger partial charge in [0, 0.05) is 0 Å². The lowest BCUT2D eigenvalue weighted by molar-refractivity contribution is 0.958. The van der Waals surface area contributed by atoms with Gasteiger partial charge in [-0.15, -0.1) is 0 Å². The fraction of sp³-hybridized carbons (Fsp3) is 0.143. The monoisotopic (exact) mass is 388 g/mol. The highest BCUT2D eigenvalue weighted by Crippen LogP contribution is 2.54. The molecule has 0 amide bonds. The lowest BCUT2D eigenvalue weighted by Gasteiger charge is -2.43. The molecule has 0 fully saturated rings. The van der Waals surface area contributed by atoms with Gasteiger partial charge in [-0.2, -0.15) is 0 Å². The Bertz CT molecular complexity index is 1050. The Morgan fingerprint density at radius 3 is 1.14 bits per heavy atom. The van der Waals surface area contributed by atoms with Crippen LogP contribution in [-0.4, -0.2) is 8.07 Å². The van der Waals surface area contributed by atoms with Crippen LogP contribution in [0.2, 0.25) is 6.55 Å². The molecule has 1 heteroatoms. The van der Waals surface area contributed by atoms with Gasteiger partial charge in [-0.3, -0.25) is 0 Å². The number of fused-ring (bicyclic) bond motifs is 3. The van der Waals surface area contributed by atoms with Crippen LogP contribution < -0.4 is 0 Å². The van der Waals surface area contributed by atoms with Crippen molar-refractivity contribution in [1.82, 2.24) is 0 Å². The minimum absolute atomic E-state index is 0.514. The van der Waals surface area contributed by atoms with Crippen molar-refractivity contribution in [2.24, 2.45) is 0 Å². The predicted molar refractivity (Wildman–Crippen MR) is 126 cm³/mol. The van der Waals surface area contributed by atoms with E-state index < -0.39 is 8.07 Å². The molecule has 0 aromatic heterocycles. The van der Waals surface area contributed by atoms with Gasteiger partial charge in [0.25, 0.3) is 0 Å². The summed E-state index contributed by atoms with van der Waals surface area (Å²) in [5.74, 6) is 0. The normalized spacial score (nSPS) is 24.9. The minimum atomic E-state index is -1.96. The summed E-state index contributed by atoms with van der Waals surface area (Å²) in [7, 11) is -1.96. The Kier molecular flexibility index (Phi) is 3.69. The molecule has 6 rings (SSSR count). The molecule has 3 aliphatic carbocycles. The van der Waals surface area contributed by atoms with Crippen LogP contribution in [0.5, 0.6) is 0 Å². The van der Waals surface area contributed by atoms with Gasteiger partial charge in [-0.05, 0) is 50.0 Å². The van der Waals surface area contributed by atoms with Crippen LogP contribution >= 0.6 is 0 Å². The zero-order valence-corrected chi connectivity index (χ0v) is 17.6. The number of hydrogen-bond acceptors (Lipinski definition) is 0. The molecule has 0 saturated carbocycles. The van der Waals surface area contributed by atoms with Crippen LogP contribution in [-0.2, 0) is 0 Å². The van der Waals surface area contributed by atoms with Gasteiger partial charge < -0.3 is 0 Å². The first-order chi connectivity index (χ1) is 14.3. The zero-order chi connectivity index (χ0) is 19.4. The van der Waals surface area contributed by atoms with Crippen molar-refractivity contribution in [2.75, 3.05) is 0 Å². The SMILES string of the molecule is C[Si](C1C=Cc2ccccc21)(C1C=Cc2ccccc21)C1C=Cc2ccccc21. The molecule has 29 heavy (non-hydrogen) atoms. The molecule has 140 valence electrons. The van der Waals surface area contributed by atoms with Crippen molar-refractivity contribution in [1.29, 1.82) is 0 Å². The molecule has 0 N–H and O–H groups in total. The maximum absolute atomic E-state index is 2.65. The molecule has 0 nitrogen and oxygen atoms in total. The van der Waals surface area contributed by atoms with Gasteiger partial charge in [0.1, 0.15) is 0 Å². The Morgan fingerprint density at radius 1 is 0.483 bits per heavy atom. The average Bonchev–Trinajstić information content (AvgIpc) is 3.49. The van der Waals surface area contributed by atoms with E-state index in [-0.39, 0.29) is 0 Å². The first kappa shape index (κ1) is 17.0. The summed E-state index contributed by atoms with van der Waals surface area (Å²) < 4.78 is 0. The van der Waals surface area contributed by atoms with E-state index in [1.54, 1.807) is 0 Å². The van der Waals surface area contributed by atoms with Gasteiger partial charge in [-0.25, -0.2) is 0 Å². The molecule has 3 atom stereocenters. The maximum Gasteiger partial charge on any atom is 0.0859 e. The highest BCUT2D eigenvalue weighted by molar-refractivity contribution is 6.84. The second-order valence-electron chi connectivity index (χ2n) is 8.76. The van der Waals surface area contributed by atoms with Crippen molar-refractivity contribution >= 4 is 26.3 Å². The van der Waals surface area contributed by atoms with Gasteiger partial charge in [0.2, 0.25) is 0 Å². The molecule has 3 aliphatic rings. The highest BCUT2D eigenvalue weighted by Gasteiger charge is 2.51. The number of allylic oxidation sites excluding steroid dienone is 3. The molecule has 0 radical (unpaired) electrons. The van der Waals surface area contributed by atoms with E-state index in [2.05, 4.69) is 116 Å². The van der Waals surface area contributed by atoms with E-state index in [9.17, 15) is 0 Å². The fourth-order valence-corrected chi connectivity index (χ4v) is 11.4. The summed E-state index contributed by atoms with van der Waals surface area (Å²) in [5, 5.41) is 0. The Hall–Kier alpha value is -2.90. The second kappa shape index (κ2) is 6.30. The molecule has 0 bridgehead atoms. The van der Waals surface area contributed by atoms with Gasteiger partial charge in [0.05, 0.1) is 8.07 Å². The third-order valence-corrected chi connectivity index (χ3v) is 12.9. The summed E-state index contributed by atoms with van der Waals surface area (Å²) in [6.07, 6.45) is 14.6. The Morgan fingerprint density at radius 2 is 0.793 bits per heavy atom. The van der Waals surface area contributed by atoms with E-state index in [1.165, 1.54) is 33.4 Å². The minimum Gasteiger partial charge on any atom is -0.0790 e. The van der Waals surface area contributed by atoms with Crippen LogP contribution in [0.15, 0.2) is 91.0 Å². The lowest BCUT2D eigenvalue weighted by Crippen LogP contribution is -2.48. The number of hydrogen-bond donors (Lipinski definition) is 0. The summed E-state index contributed by atoms with van der Waals surface area (Å²) in [4.78, 5) is 0. The van der Waals surface area contributed by atoms with Gasteiger partial charge in [-0.1, -0.05) is 116 Å². The fourth-order valence-electron chi connectivity index (χ4n) is 5.96. The van der Waals surface area contributed by atoms with Crippen LogP contribution in [0.3, 0.4) is 0 Å². The van der Waals surface area contributed by atoms with Crippen molar-refractivity contribution < 1.29 is 0 Å². The molecule has 3 aromatic rings. The summed E-state index contributed by atoms with van der Waals surface area (Å²) in [6.45, 7) is 2.65. The maximum atomic E-state index is 2.65. The van der Waals surface area contributed by atoms with E-state index in [4.69, 9.17) is 0 Å². The van der Waals surface area contributed by atoms with Gasteiger partial charge >= 0.3 is 0 Å². The summed E-state index contributed by atoms with van der Waals surface area (Å²) in [6, 6.07) is 27.0. The first-order valence-electron chi connectivity index (χ1n) is 10.6. The number of rotatable bonds is 3. The second-order valence-corrected chi connectivity index (χ2v) is 13.4. The Labute approximate surface area is 173 Å².